The summed E-state index contributed by atoms with van der Waals surface area (Å²) < 4.78 is 11.9. The Hall–Kier alpha value is -1.11. The van der Waals surface area contributed by atoms with Gasteiger partial charge in [0.25, 0.3) is 0 Å². The molecule has 1 fully saturated rings. The monoisotopic (exact) mass is 370 g/mol. The number of benzene rings is 1. The Morgan fingerprint density at radius 3 is 3.05 bits per heavy atom. The Labute approximate surface area is 140 Å². The Bertz CT molecular complexity index is 504. The maximum absolute atomic E-state index is 12.0. The lowest BCUT2D eigenvalue weighted by Gasteiger charge is -2.19. The number of carbonyl (C=O) groups excluding carboxylic acids is 1. The molecule has 1 aliphatic heterocycles. The fourth-order valence-corrected chi connectivity index (χ4v) is 2.96. The predicted octanol–water partition coefficient (Wildman–Crippen LogP) is 2.18. The van der Waals surface area contributed by atoms with Crippen molar-refractivity contribution in [1.29, 1.82) is 0 Å². The van der Waals surface area contributed by atoms with Gasteiger partial charge in [-0.05, 0) is 38.1 Å². The topological polar surface area (TPSA) is 50.8 Å². The van der Waals surface area contributed by atoms with E-state index in [9.17, 15) is 4.79 Å². The van der Waals surface area contributed by atoms with Crippen LogP contribution in [0.3, 0.4) is 0 Å². The van der Waals surface area contributed by atoms with Gasteiger partial charge in [0, 0.05) is 29.7 Å². The third kappa shape index (κ3) is 5.26. The van der Waals surface area contributed by atoms with E-state index in [2.05, 4.69) is 21.2 Å². The summed E-state index contributed by atoms with van der Waals surface area (Å²) >= 11 is 3.46. The van der Waals surface area contributed by atoms with E-state index < -0.39 is 0 Å². The first-order valence-corrected chi connectivity index (χ1v) is 8.27. The second kappa shape index (κ2) is 8.50. The molecule has 0 spiro atoms. The number of rotatable bonds is 7. The minimum absolute atomic E-state index is 0.0203. The normalized spacial score (nSPS) is 17.7. The average Bonchev–Trinajstić information content (AvgIpc) is 2.98. The summed E-state index contributed by atoms with van der Waals surface area (Å²) in [6.45, 7) is 2.41. The van der Waals surface area contributed by atoms with Crippen molar-refractivity contribution in [2.24, 2.45) is 0 Å². The van der Waals surface area contributed by atoms with Gasteiger partial charge in [0.1, 0.15) is 5.75 Å². The van der Waals surface area contributed by atoms with Gasteiger partial charge in [-0.25, -0.2) is 0 Å². The third-order valence-electron chi connectivity index (χ3n) is 3.65. The van der Waals surface area contributed by atoms with Crippen LogP contribution in [0.2, 0.25) is 0 Å². The van der Waals surface area contributed by atoms with Crippen LogP contribution in [0.25, 0.3) is 0 Å². The van der Waals surface area contributed by atoms with Crippen molar-refractivity contribution in [3.05, 3.63) is 28.2 Å². The zero-order valence-corrected chi connectivity index (χ0v) is 14.7. The summed E-state index contributed by atoms with van der Waals surface area (Å²) in [7, 11) is 3.58. The molecule has 1 saturated heterocycles. The van der Waals surface area contributed by atoms with Gasteiger partial charge >= 0.3 is 0 Å². The fourth-order valence-electron chi connectivity index (χ4n) is 2.55. The zero-order valence-electron chi connectivity index (χ0n) is 13.1. The van der Waals surface area contributed by atoms with Gasteiger partial charge in [0.15, 0.2) is 0 Å². The molecule has 1 aliphatic rings. The first kappa shape index (κ1) is 17.2. The highest BCUT2D eigenvalue weighted by molar-refractivity contribution is 9.10. The van der Waals surface area contributed by atoms with E-state index in [1.54, 1.807) is 7.11 Å². The van der Waals surface area contributed by atoms with Gasteiger partial charge < -0.3 is 14.8 Å². The van der Waals surface area contributed by atoms with Gasteiger partial charge in [0.2, 0.25) is 5.91 Å². The van der Waals surface area contributed by atoms with Crippen LogP contribution < -0.4 is 10.1 Å². The minimum atomic E-state index is 0.0203. The second-order valence-electron chi connectivity index (χ2n) is 5.57. The molecule has 1 unspecified atom stereocenters. The third-order valence-corrected chi connectivity index (χ3v) is 4.14. The molecule has 5 nitrogen and oxygen atoms in total. The lowest BCUT2D eigenvalue weighted by atomic mass is 10.2. The van der Waals surface area contributed by atoms with Crippen LogP contribution in [0.4, 0.5) is 0 Å². The van der Waals surface area contributed by atoms with Crippen LogP contribution in [-0.2, 0) is 16.1 Å². The number of ether oxygens (including phenoxy) is 2. The van der Waals surface area contributed by atoms with E-state index in [4.69, 9.17) is 9.47 Å². The molecule has 1 amide bonds. The Kier molecular flexibility index (Phi) is 6.67. The molecule has 0 aromatic heterocycles. The lowest BCUT2D eigenvalue weighted by molar-refractivity contribution is -0.122. The van der Waals surface area contributed by atoms with E-state index in [0.717, 1.165) is 35.2 Å². The molecule has 1 aromatic rings. The molecule has 0 radical (unpaired) electrons. The van der Waals surface area contributed by atoms with Crippen molar-refractivity contribution in [3.63, 3.8) is 0 Å². The standard InChI is InChI=1S/C16H23BrN2O3/c1-19(10-12-8-13(17)5-6-15(12)21-2)11-16(20)18-9-14-4-3-7-22-14/h5-6,8,14H,3-4,7,9-11H2,1-2H3,(H,18,20). The summed E-state index contributed by atoms with van der Waals surface area (Å²) in [6, 6.07) is 5.88. The van der Waals surface area contributed by atoms with E-state index in [-0.39, 0.29) is 12.0 Å². The number of amides is 1. The van der Waals surface area contributed by atoms with Crippen LogP contribution in [0.15, 0.2) is 22.7 Å². The smallest absolute Gasteiger partial charge is 0.234 e. The van der Waals surface area contributed by atoms with Crippen molar-refractivity contribution in [2.45, 2.75) is 25.5 Å². The molecule has 22 heavy (non-hydrogen) atoms. The number of halogens is 1. The number of nitrogens with one attached hydrogen (secondary N) is 1. The number of likely N-dealkylation sites (N-methyl/N-ethyl adjacent to an activating group) is 1. The summed E-state index contributed by atoms with van der Waals surface area (Å²) in [4.78, 5) is 13.9. The molecule has 1 atom stereocenters. The number of carbonyl (C=O) groups is 1. The highest BCUT2D eigenvalue weighted by Gasteiger charge is 2.17. The van der Waals surface area contributed by atoms with Crippen molar-refractivity contribution >= 4 is 21.8 Å². The molecule has 1 N–H and O–H groups in total. The van der Waals surface area contributed by atoms with Crippen molar-refractivity contribution in [3.8, 4) is 5.75 Å². The van der Waals surface area contributed by atoms with Crippen LogP contribution in [0.1, 0.15) is 18.4 Å². The van der Waals surface area contributed by atoms with Crippen molar-refractivity contribution in [1.82, 2.24) is 10.2 Å². The first-order chi connectivity index (χ1) is 10.6. The molecule has 0 bridgehead atoms. The number of hydrogen-bond donors (Lipinski definition) is 1. The Morgan fingerprint density at radius 1 is 1.55 bits per heavy atom. The Balaban J connectivity index is 1.80. The van der Waals surface area contributed by atoms with Crippen LogP contribution in [0, 0.1) is 0 Å². The zero-order chi connectivity index (χ0) is 15.9. The molecular formula is C16H23BrN2O3. The number of methoxy groups -OCH3 is 1. The van der Waals surface area contributed by atoms with E-state index in [1.807, 2.05) is 30.1 Å². The quantitative estimate of drug-likeness (QED) is 0.799. The summed E-state index contributed by atoms with van der Waals surface area (Å²) in [5.41, 5.74) is 1.05. The van der Waals surface area contributed by atoms with Crippen LogP contribution in [-0.4, -0.2) is 50.8 Å². The maximum Gasteiger partial charge on any atom is 0.234 e. The molecule has 1 aromatic carbocycles. The van der Waals surface area contributed by atoms with Gasteiger partial charge in [-0.3, -0.25) is 9.69 Å². The SMILES string of the molecule is COc1ccc(Br)cc1CN(C)CC(=O)NCC1CCCO1. The highest BCUT2D eigenvalue weighted by Crippen LogP contribution is 2.23. The molecular weight excluding hydrogens is 348 g/mol. The van der Waals surface area contributed by atoms with E-state index in [0.29, 0.717) is 19.6 Å². The van der Waals surface area contributed by atoms with Crippen LogP contribution in [0.5, 0.6) is 5.75 Å². The largest absolute Gasteiger partial charge is 0.496 e. The van der Waals surface area contributed by atoms with Gasteiger partial charge in [-0.1, -0.05) is 15.9 Å². The van der Waals surface area contributed by atoms with E-state index in [1.165, 1.54) is 0 Å². The summed E-state index contributed by atoms with van der Waals surface area (Å²) in [5.74, 6) is 0.849. The van der Waals surface area contributed by atoms with Gasteiger partial charge in [0.05, 0.1) is 19.8 Å². The lowest BCUT2D eigenvalue weighted by Crippen LogP contribution is -2.38. The molecule has 1 heterocycles. The summed E-state index contributed by atoms with van der Waals surface area (Å²) in [5, 5.41) is 2.94. The van der Waals surface area contributed by atoms with Crippen molar-refractivity contribution < 1.29 is 14.3 Å². The molecule has 2 rings (SSSR count). The molecule has 122 valence electrons. The number of hydrogen-bond acceptors (Lipinski definition) is 4. The van der Waals surface area contributed by atoms with E-state index >= 15 is 0 Å². The fraction of sp³-hybridized carbons (Fsp3) is 0.562. The molecule has 6 heteroatoms. The Morgan fingerprint density at radius 2 is 2.36 bits per heavy atom. The van der Waals surface area contributed by atoms with Gasteiger partial charge in [-0.2, -0.15) is 0 Å². The number of nitrogens with zero attached hydrogens (tertiary/aromatic N) is 1. The van der Waals surface area contributed by atoms with Crippen LogP contribution >= 0.6 is 15.9 Å². The predicted molar refractivity (Wildman–Crippen MR) is 89.0 cm³/mol. The molecule has 0 saturated carbocycles. The second-order valence-corrected chi connectivity index (χ2v) is 6.48. The van der Waals surface area contributed by atoms with Gasteiger partial charge in [-0.15, -0.1) is 0 Å². The van der Waals surface area contributed by atoms with Crippen molar-refractivity contribution in [2.75, 3.05) is 33.9 Å². The average molecular weight is 371 g/mol. The maximum atomic E-state index is 12.0. The summed E-state index contributed by atoms with van der Waals surface area (Å²) in [6.07, 6.45) is 2.30. The highest BCUT2D eigenvalue weighted by atomic mass is 79.9. The first-order valence-electron chi connectivity index (χ1n) is 7.47. The minimum Gasteiger partial charge on any atom is -0.496 e. The molecule has 0 aliphatic carbocycles.